The Bertz CT molecular complexity index is 1040. The van der Waals surface area contributed by atoms with Gasteiger partial charge in [-0.3, -0.25) is 0 Å². The predicted molar refractivity (Wildman–Crippen MR) is 93.2 cm³/mol. The quantitative estimate of drug-likeness (QED) is 0.585. The van der Waals surface area contributed by atoms with Gasteiger partial charge in [-0.1, -0.05) is 10.3 Å². The Morgan fingerprint density at radius 3 is 2.58 bits per heavy atom. The molecule has 0 bridgehead atoms. The zero-order valence-corrected chi connectivity index (χ0v) is 14.3. The van der Waals surface area contributed by atoms with Crippen LogP contribution in [0.15, 0.2) is 39.6 Å². The molecular weight excluding hydrogens is 337 g/mol. The molecular formula is C18H16FN5O2. The lowest BCUT2D eigenvalue weighted by atomic mass is 10.1. The van der Waals surface area contributed by atoms with E-state index in [0.29, 0.717) is 29.2 Å². The Kier molecular flexibility index (Phi) is 4.08. The minimum Gasteiger partial charge on any atom is -0.369 e. The fourth-order valence-corrected chi connectivity index (χ4v) is 2.89. The topological polar surface area (TPSA) is 89.9 Å². The maximum atomic E-state index is 13.2. The van der Waals surface area contributed by atoms with E-state index in [1.54, 1.807) is 12.1 Å². The highest BCUT2D eigenvalue weighted by Gasteiger charge is 2.17. The van der Waals surface area contributed by atoms with Crippen molar-refractivity contribution in [1.29, 1.82) is 0 Å². The summed E-state index contributed by atoms with van der Waals surface area (Å²) in [6, 6.07) is 6.05. The first-order chi connectivity index (χ1) is 12.6. The third-order valence-electron chi connectivity index (χ3n) is 4.24. The summed E-state index contributed by atoms with van der Waals surface area (Å²) in [6.07, 6.45) is 2.16. The van der Waals surface area contributed by atoms with E-state index in [0.717, 1.165) is 29.0 Å². The van der Waals surface area contributed by atoms with Gasteiger partial charge in [0, 0.05) is 17.7 Å². The molecule has 0 saturated heterocycles. The van der Waals surface area contributed by atoms with Crippen LogP contribution in [0.3, 0.4) is 0 Å². The van der Waals surface area contributed by atoms with Crippen LogP contribution >= 0.6 is 0 Å². The molecule has 8 heteroatoms. The molecule has 7 nitrogen and oxygen atoms in total. The molecule has 4 aromatic rings. The molecule has 3 heterocycles. The second-order valence-corrected chi connectivity index (χ2v) is 5.92. The van der Waals surface area contributed by atoms with Crippen molar-refractivity contribution in [2.75, 3.05) is 11.9 Å². The fourth-order valence-electron chi connectivity index (χ4n) is 2.89. The lowest BCUT2D eigenvalue weighted by Gasteiger charge is -2.06. The van der Waals surface area contributed by atoms with Gasteiger partial charge in [-0.15, -0.1) is 0 Å². The smallest absolute Gasteiger partial charge is 0.263 e. The number of fused-ring (bicyclic) bond motifs is 1. The van der Waals surface area contributed by atoms with Crippen LogP contribution in [0.25, 0.3) is 22.4 Å². The van der Waals surface area contributed by atoms with Crippen LogP contribution in [-0.2, 0) is 6.42 Å². The van der Waals surface area contributed by atoms with Crippen LogP contribution in [0.4, 0.5) is 10.2 Å². The number of aryl methyl sites for hydroxylation is 2. The van der Waals surface area contributed by atoms with Gasteiger partial charge in [-0.2, -0.15) is 4.98 Å². The lowest BCUT2D eigenvalue weighted by molar-refractivity contribution is 0.392. The third-order valence-corrected chi connectivity index (χ3v) is 4.24. The van der Waals surface area contributed by atoms with E-state index < -0.39 is 0 Å². The van der Waals surface area contributed by atoms with Crippen molar-refractivity contribution in [2.45, 2.75) is 20.3 Å². The van der Waals surface area contributed by atoms with E-state index >= 15 is 0 Å². The fraction of sp³-hybridized carbons (Fsp3) is 0.222. The van der Waals surface area contributed by atoms with E-state index in [9.17, 15) is 4.39 Å². The normalized spacial score (nSPS) is 11.2. The molecule has 0 atom stereocenters. The molecule has 0 aliphatic heterocycles. The Morgan fingerprint density at radius 1 is 1.04 bits per heavy atom. The first-order valence-electron chi connectivity index (χ1n) is 8.15. The predicted octanol–water partition coefficient (Wildman–Crippen LogP) is 3.68. The SMILES string of the molecule is Cc1noc(C)c1CCNc1ncnc2onc(-c3ccc(F)cc3)c12. The largest absolute Gasteiger partial charge is 0.369 e. The summed E-state index contributed by atoms with van der Waals surface area (Å²) in [5.41, 5.74) is 3.63. The van der Waals surface area contributed by atoms with Crippen molar-refractivity contribution in [2.24, 2.45) is 0 Å². The molecule has 0 saturated carbocycles. The van der Waals surface area contributed by atoms with E-state index in [1.807, 2.05) is 13.8 Å². The van der Waals surface area contributed by atoms with E-state index in [2.05, 4.69) is 25.6 Å². The van der Waals surface area contributed by atoms with Crippen molar-refractivity contribution >= 4 is 16.9 Å². The first kappa shape index (κ1) is 16.2. The highest BCUT2D eigenvalue weighted by atomic mass is 19.1. The monoisotopic (exact) mass is 353 g/mol. The molecule has 0 aliphatic carbocycles. The highest BCUT2D eigenvalue weighted by molar-refractivity contribution is 5.97. The van der Waals surface area contributed by atoms with Crippen LogP contribution in [0.2, 0.25) is 0 Å². The molecule has 26 heavy (non-hydrogen) atoms. The minimum absolute atomic E-state index is 0.310. The molecule has 3 aromatic heterocycles. The summed E-state index contributed by atoms with van der Waals surface area (Å²) in [6.45, 7) is 4.44. The molecule has 4 rings (SSSR count). The third kappa shape index (κ3) is 2.90. The number of nitrogens with one attached hydrogen (secondary N) is 1. The molecule has 0 spiro atoms. The Morgan fingerprint density at radius 2 is 1.85 bits per heavy atom. The first-order valence-corrected chi connectivity index (χ1v) is 8.15. The lowest BCUT2D eigenvalue weighted by Crippen LogP contribution is -2.08. The van der Waals surface area contributed by atoms with Gasteiger partial charge in [0.25, 0.3) is 5.71 Å². The summed E-state index contributed by atoms with van der Waals surface area (Å²) in [5, 5.41) is 12.0. The van der Waals surface area contributed by atoms with Crippen molar-refractivity contribution in [3.63, 3.8) is 0 Å². The minimum atomic E-state index is -0.310. The second kappa shape index (κ2) is 6.55. The van der Waals surface area contributed by atoms with Crippen LogP contribution in [0.5, 0.6) is 0 Å². The molecule has 0 aliphatic rings. The van der Waals surface area contributed by atoms with Crippen LogP contribution in [0.1, 0.15) is 17.0 Å². The standard InChI is InChI=1S/C18H16FN5O2/c1-10-14(11(2)25-23-10)7-8-20-17-15-16(12-3-5-13(19)6-4-12)24-26-18(15)22-9-21-17/h3-6,9H,7-8H2,1-2H3,(H,20,21,22). The van der Waals surface area contributed by atoms with Crippen molar-refractivity contribution in [1.82, 2.24) is 20.3 Å². The number of nitrogens with zero attached hydrogens (tertiary/aromatic N) is 4. The maximum absolute atomic E-state index is 13.2. The number of halogens is 1. The molecule has 0 unspecified atom stereocenters. The van der Waals surface area contributed by atoms with Gasteiger partial charge in [0.1, 0.15) is 34.8 Å². The van der Waals surface area contributed by atoms with E-state index in [-0.39, 0.29) is 5.82 Å². The summed E-state index contributed by atoms with van der Waals surface area (Å²) >= 11 is 0. The van der Waals surface area contributed by atoms with Gasteiger partial charge in [0.2, 0.25) is 0 Å². The van der Waals surface area contributed by atoms with Gasteiger partial charge in [-0.05, 0) is 44.5 Å². The highest BCUT2D eigenvalue weighted by Crippen LogP contribution is 2.31. The average molecular weight is 353 g/mol. The van der Waals surface area contributed by atoms with E-state index in [1.165, 1.54) is 18.5 Å². The number of anilines is 1. The van der Waals surface area contributed by atoms with Gasteiger partial charge in [-0.25, -0.2) is 9.37 Å². The van der Waals surface area contributed by atoms with Gasteiger partial charge in [0.15, 0.2) is 0 Å². The summed E-state index contributed by atoms with van der Waals surface area (Å²) in [7, 11) is 0. The Labute approximate surface area is 148 Å². The van der Waals surface area contributed by atoms with Crippen LogP contribution < -0.4 is 5.32 Å². The average Bonchev–Trinajstić information content (AvgIpc) is 3.21. The number of hydrogen-bond donors (Lipinski definition) is 1. The van der Waals surface area contributed by atoms with Crippen molar-refractivity contribution in [3.8, 4) is 11.3 Å². The van der Waals surface area contributed by atoms with Crippen LogP contribution in [0, 0.1) is 19.7 Å². The van der Waals surface area contributed by atoms with E-state index in [4.69, 9.17) is 9.05 Å². The molecule has 1 N–H and O–H groups in total. The summed E-state index contributed by atoms with van der Waals surface area (Å²) in [4.78, 5) is 8.42. The number of hydrogen-bond acceptors (Lipinski definition) is 7. The summed E-state index contributed by atoms with van der Waals surface area (Å²) < 4.78 is 23.7. The molecule has 132 valence electrons. The second-order valence-electron chi connectivity index (χ2n) is 5.92. The Hall–Kier alpha value is -3.29. The van der Waals surface area contributed by atoms with Crippen molar-refractivity contribution < 1.29 is 13.4 Å². The zero-order valence-electron chi connectivity index (χ0n) is 14.3. The van der Waals surface area contributed by atoms with Gasteiger partial charge >= 0.3 is 0 Å². The van der Waals surface area contributed by atoms with Crippen LogP contribution in [-0.4, -0.2) is 26.8 Å². The number of rotatable bonds is 5. The molecule has 0 radical (unpaired) electrons. The zero-order chi connectivity index (χ0) is 18.1. The van der Waals surface area contributed by atoms with Gasteiger partial charge < -0.3 is 14.4 Å². The maximum Gasteiger partial charge on any atom is 0.263 e. The molecule has 0 amide bonds. The number of benzene rings is 1. The van der Waals surface area contributed by atoms with Gasteiger partial charge in [0.05, 0.1) is 5.69 Å². The Balaban J connectivity index is 1.63. The summed E-state index contributed by atoms with van der Waals surface area (Å²) in [5.74, 6) is 1.12. The number of aromatic nitrogens is 4. The molecule has 1 aromatic carbocycles. The van der Waals surface area contributed by atoms with Crippen molar-refractivity contribution in [3.05, 3.63) is 53.4 Å². The molecule has 0 fully saturated rings.